The average molecular weight is 385 g/mol. The summed E-state index contributed by atoms with van der Waals surface area (Å²) in [7, 11) is 5.69. The molecular formula is C18H15BClFN4O2. The van der Waals surface area contributed by atoms with Crippen LogP contribution in [0.2, 0.25) is 5.02 Å². The Kier molecular flexibility index (Phi) is 4.76. The number of rotatable bonds is 6. The molecule has 1 saturated carbocycles. The molecule has 1 heterocycles. The molecule has 6 nitrogen and oxygen atoms in total. The topological polar surface area (TPSA) is 79.0 Å². The second-order valence-electron chi connectivity index (χ2n) is 6.46. The van der Waals surface area contributed by atoms with Gasteiger partial charge in [0.25, 0.3) is 5.91 Å². The van der Waals surface area contributed by atoms with Gasteiger partial charge in [0, 0.05) is 0 Å². The molecule has 1 aliphatic carbocycles. The van der Waals surface area contributed by atoms with Crippen molar-refractivity contribution < 1.29 is 14.0 Å². The van der Waals surface area contributed by atoms with E-state index in [-0.39, 0.29) is 16.8 Å². The first-order valence-corrected chi connectivity index (χ1v) is 8.80. The number of hydroxylamine groups is 1. The largest absolute Gasteiger partial charge is 0.351 e. The fourth-order valence-corrected chi connectivity index (χ4v) is 2.91. The smallest absolute Gasteiger partial charge is 0.277 e. The Labute approximate surface area is 160 Å². The average Bonchev–Trinajstić information content (AvgIpc) is 3.33. The van der Waals surface area contributed by atoms with Gasteiger partial charge in [0.1, 0.15) is 13.4 Å². The van der Waals surface area contributed by atoms with E-state index in [1.807, 2.05) is 0 Å². The molecule has 0 bridgehead atoms. The standard InChI is InChI=1S/C18H15BClFN4O2/c19-10-3-4-13(12(20)5-10)24-16-11(18(26)25-27-7-9-1-2-9)6-14-17(15(16)21)23-8-22-14/h3-6,8-9,24H,1-2,7H2,(H,22,23)(H,25,26). The Hall–Kier alpha value is -2.58. The highest BCUT2D eigenvalue weighted by atomic mass is 35.5. The molecule has 0 atom stereocenters. The molecule has 3 aromatic rings. The normalized spacial score (nSPS) is 13.7. The van der Waals surface area contributed by atoms with E-state index in [2.05, 4.69) is 20.8 Å². The van der Waals surface area contributed by atoms with Crippen LogP contribution in [0.15, 0.2) is 30.6 Å². The van der Waals surface area contributed by atoms with Gasteiger partial charge in [-0.3, -0.25) is 9.63 Å². The number of amides is 1. The Morgan fingerprint density at radius 3 is 2.96 bits per heavy atom. The van der Waals surface area contributed by atoms with Gasteiger partial charge in [-0.25, -0.2) is 14.9 Å². The number of aromatic nitrogens is 2. The minimum absolute atomic E-state index is 0.0474. The van der Waals surface area contributed by atoms with Crippen LogP contribution in [0, 0.1) is 11.7 Å². The number of imidazole rings is 1. The zero-order chi connectivity index (χ0) is 19.0. The third-order valence-electron chi connectivity index (χ3n) is 4.33. The highest BCUT2D eigenvalue weighted by Crippen LogP contribution is 2.32. The second-order valence-corrected chi connectivity index (χ2v) is 6.87. The van der Waals surface area contributed by atoms with Crippen molar-refractivity contribution in [3.05, 3.63) is 47.0 Å². The number of hydrogen-bond donors (Lipinski definition) is 3. The first kappa shape index (κ1) is 17.8. The summed E-state index contributed by atoms with van der Waals surface area (Å²) < 4.78 is 15.0. The zero-order valence-corrected chi connectivity index (χ0v) is 14.9. The van der Waals surface area contributed by atoms with E-state index < -0.39 is 11.7 Å². The molecule has 2 radical (unpaired) electrons. The number of anilines is 2. The van der Waals surface area contributed by atoms with Crippen molar-refractivity contribution in [2.75, 3.05) is 11.9 Å². The number of fused-ring (bicyclic) bond motifs is 1. The van der Waals surface area contributed by atoms with Crippen LogP contribution in [0.4, 0.5) is 15.8 Å². The molecule has 1 fully saturated rings. The summed E-state index contributed by atoms with van der Waals surface area (Å²) in [5.41, 5.74) is 3.78. The molecular weight excluding hydrogens is 369 g/mol. The number of nitrogens with one attached hydrogen (secondary N) is 3. The number of hydrogen-bond acceptors (Lipinski definition) is 4. The lowest BCUT2D eigenvalue weighted by atomic mass is 9.96. The first-order valence-electron chi connectivity index (χ1n) is 8.42. The molecule has 1 aliphatic rings. The molecule has 136 valence electrons. The molecule has 1 aromatic heterocycles. The van der Waals surface area contributed by atoms with Crippen LogP contribution in [-0.2, 0) is 4.84 Å². The van der Waals surface area contributed by atoms with E-state index >= 15 is 4.39 Å². The molecule has 27 heavy (non-hydrogen) atoms. The maximum atomic E-state index is 15.0. The van der Waals surface area contributed by atoms with Gasteiger partial charge in [-0.15, -0.1) is 0 Å². The third kappa shape index (κ3) is 3.77. The fourth-order valence-electron chi connectivity index (χ4n) is 2.68. The summed E-state index contributed by atoms with van der Waals surface area (Å²) in [6.45, 7) is 0.438. The predicted molar refractivity (Wildman–Crippen MR) is 102 cm³/mol. The van der Waals surface area contributed by atoms with Crippen LogP contribution >= 0.6 is 11.6 Å². The number of aromatic amines is 1. The van der Waals surface area contributed by atoms with Crippen molar-refractivity contribution >= 4 is 53.2 Å². The number of halogens is 2. The van der Waals surface area contributed by atoms with E-state index in [0.29, 0.717) is 34.2 Å². The Balaban J connectivity index is 1.69. The van der Waals surface area contributed by atoms with Gasteiger partial charge < -0.3 is 10.3 Å². The quantitative estimate of drug-likeness (QED) is 0.451. The van der Waals surface area contributed by atoms with Gasteiger partial charge >= 0.3 is 0 Å². The molecule has 0 spiro atoms. The Morgan fingerprint density at radius 2 is 2.22 bits per heavy atom. The minimum atomic E-state index is -0.672. The van der Waals surface area contributed by atoms with Crippen molar-refractivity contribution in [1.29, 1.82) is 0 Å². The maximum absolute atomic E-state index is 15.0. The van der Waals surface area contributed by atoms with Crippen molar-refractivity contribution in [2.24, 2.45) is 5.92 Å². The molecule has 2 aromatic carbocycles. The lowest BCUT2D eigenvalue weighted by Gasteiger charge is -2.15. The predicted octanol–water partition coefficient (Wildman–Crippen LogP) is 2.96. The SMILES string of the molecule is [B]c1ccc(Nc2c(C(=O)NOCC3CC3)cc3[nH]cnc3c2F)c(Cl)c1. The van der Waals surface area contributed by atoms with Crippen LogP contribution in [-0.4, -0.2) is 30.3 Å². The second kappa shape index (κ2) is 7.21. The van der Waals surface area contributed by atoms with Crippen molar-refractivity contribution in [3.63, 3.8) is 0 Å². The van der Waals surface area contributed by atoms with E-state index in [1.54, 1.807) is 12.1 Å². The summed E-state index contributed by atoms with van der Waals surface area (Å²) in [4.78, 5) is 24.6. The van der Waals surface area contributed by atoms with E-state index in [9.17, 15) is 4.79 Å². The molecule has 3 N–H and O–H groups in total. The number of benzene rings is 2. The van der Waals surface area contributed by atoms with Crippen LogP contribution in [0.3, 0.4) is 0 Å². The van der Waals surface area contributed by atoms with Gasteiger partial charge in [-0.05, 0) is 37.0 Å². The molecule has 4 rings (SSSR count). The minimum Gasteiger partial charge on any atom is -0.351 e. The number of H-pyrrole nitrogens is 1. The van der Waals surface area contributed by atoms with Crippen LogP contribution in [0.1, 0.15) is 23.2 Å². The molecule has 0 saturated heterocycles. The van der Waals surface area contributed by atoms with Gasteiger partial charge in [0.15, 0.2) is 5.82 Å². The summed E-state index contributed by atoms with van der Waals surface area (Å²) >= 11 is 6.17. The summed E-state index contributed by atoms with van der Waals surface area (Å²) in [6, 6.07) is 6.27. The van der Waals surface area contributed by atoms with Gasteiger partial charge in [0.05, 0.1) is 40.4 Å². The van der Waals surface area contributed by atoms with Crippen molar-refractivity contribution in [2.45, 2.75) is 12.8 Å². The summed E-state index contributed by atoms with van der Waals surface area (Å²) in [5, 5.41) is 3.18. The highest BCUT2D eigenvalue weighted by Gasteiger charge is 2.24. The first-order chi connectivity index (χ1) is 13.0. The van der Waals surface area contributed by atoms with Crippen LogP contribution in [0.5, 0.6) is 0 Å². The maximum Gasteiger partial charge on any atom is 0.277 e. The van der Waals surface area contributed by atoms with Crippen LogP contribution in [0.25, 0.3) is 11.0 Å². The third-order valence-corrected chi connectivity index (χ3v) is 4.65. The number of nitrogens with zero attached hydrogens (tertiary/aromatic N) is 1. The Morgan fingerprint density at radius 1 is 1.41 bits per heavy atom. The fraction of sp³-hybridized carbons (Fsp3) is 0.222. The molecule has 9 heteroatoms. The van der Waals surface area contributed by atoms with E-state index in [4.69, 9.17) is 24.3 Å². The van der Waals surface area contributed by atoms with Gasteiger partial charge in [0.2, 0.25) is 0 Å². The van der Waals surface area contributed by atoms with Crippen molar-refractivity contribution in [3.8, 4) is 0 Å². The van der Waals surface area contributed by atoms with Crippen LogP contribution < -0.4 is 16.3 Å². The highest BCUT2D eigenvalue weighted by molar-refractivity contribution is 6.37. The van der Waals surface area contributed by atoms with Crippen molar-refractivity contribution in [1.82, 2.24) is 15.4 Å². The summed E-state index contributed by atoms with van der Waals surface area (Å²) in [5.74, 6) is -0.766. The number of carbonyl (C=O) groups excluding carboxylic acids is 1. The zero-order valence-electron chi connectivity index (χ0n) is 14.2. The van der Waals surface area contributed by atoms with E-state index in [1.165, 1.54) is 18.5 Å². The lowest BCUT2D eigenvalue weighted by molar-refractivity contribution is 0.0271. The van der Waals surface area contributed by atoms with Gasteiger partial charge in [-0.1, -0.05) is 23.1 Å². The lowest BCUT2D eigenvalue weighted by Crippen LogP contribution is -2.26. The molecule has 0 aliphatic heterocycles. The number of carbonyl (C=O) groups is 1. The summed E-state index contributed by atoms with van der Waals surface area (Å²) in [6.07, 6.45) is 3.54. The van der Waals surface area contributed by atoms with Gasteiger partial charge in [-0.2, -0.15) is 0 Å². The molecule has 0 unspecified atom stereocenters. The monoisotopic (exact) mass is 384 g/mol. The Bertz CT molecular complexity index is 1020. The van der Waals surface area contributed by atoms with E-state index in [0.717, 1.165) is 12.8 Å². The molecule has 1 amide bonds.